The molecule has 0 unspecified atom stereocenters. The van der Waals surface area contributed by atoms with Crippen molar-refractivity contribution in [2.75, 3.05) is 18.0 Å². The molecule has 0 aromatic heterocycles. The van der Waals surface area contributed by atoms with E-state index in [1.54, 1.807) is 23.9 Å². The van der Waals surface area contributed by atoms with E-state index in [0.29, 0.717) is 0 Å². The van der Waals surface area contributed by atoms with Gasteiger partial charge in [0.15, 0.2) is 0 Å². The van der Waals surface area contributed by atoms with Crippen LogP contribution >= 0.6 is 11.8 Å². The van der Waals surface area contributed by atoms with E-state index < -0.39 is 0 Å². The Morgan fingerprint density at radius 1 is 0.862 bits per heavy atom. The Kier molecular flexibility index (Phi) is 5.91. The summed E-state index contributed by atoms with van der Waals surface area (Å²) < 4.78 is 0. The second-order valence-electron chi connectivity index (χ2n) is 6.89. The molecule has 1 aliphatic rings. The molecule has 0 atom stereocenters. The van der Waals surface area contributed by atoms with Crippen LogP contribution in [0.5, 0.6) is 0 Å². The van der Waals surface area contributed by atoms with E-state index >= 15 is 0 Å². The maximum Gasteiger partial charge on any atom is 0.269 e. The first-order chi connectivity index (χ1) is 14.2. The van der Waals surface area contributed by atoms with Crippen molar-refractivity contribution in [3.8, 4) is 0 Å². The van der Waals surface area contributed by atoms with E-state index in [4.69, 9.17) is 0 Å². The highest BCUT2D eigenvalue weighted by Gasteiger charge is 2.11. The topological polar surface area (TPSA) is 58.7 Å². The maximum absolute atomic E-state index is 10.7. The zero-order chi connectivity index (χ0) is 20.1. The van der Waals surface area contributed by atoms with Crippen LogP contribution in [0.25, 0.3) is 0 Å². The minimum Gasteiger partial charge on any atom is -0.372 e. The van der Waals surface area contributed by atoms with E-state index in [0.717, 1.165) is 34.1 Å². The van der Waals surface area contributed by atoms with Crippen molar-refractivity contribution in [3.05, 3.63) is 88.5 Å². The van der Waals surface area contributed by atoms with E-state index in [1.165, 1.54) is 30.7 Å². The van der Waals surface area contributed by atoms with Crippen LogP contribution in [0.3, 0.4) is 0 Å². The van der Waals surface area contributed by atoms with Crippen LogP contribution in [-0.2, 0) is 0 Å². The van der Waals surface area contributed by atoms with Gasteiger partial charge < -0.3 is 4.90 Å². The first kappa shape index (κ1) is 19.2. The van der Waals surface area contributed by atoms with Crippen molar-refractivity contribution < 1.29 is 4.92 Å². The van der Waals surface area contributed by atoms with E-state index in [-0.39, 0.29) is 10.6 Å². The number of non-ortho nitro benzene ring substituents is 1. The molecule has 146 valence electrons. The van der Waals surface area contributed by atoms with Gasteiger partial charge in [0.1, 0.15) is 0 Å². The predicted octanol–water partition coefficient (Wildman–Crippen LogP) is 6.10. The number of aliphatic imine (C=N–C) groups is 1. The quantitative estimate of drug-likeness (QED) is 0.284. The van der Waals surface area contributed by atoms with Gasteiger partial charge in [0.25, 0.3) is 5.69 Å². The fraction of sp³-hybridized carbons (Fsp3) is 0.174. The van der Waals surface area contributed by atoms with Gasteiger partial charge in [0.05, 0.1) is 10.6 Å². The molecule has 0 aliphatic carbocycles. The maximum atomic E-state index is 10.7. The Morgan fingerprint density at radius 3 is 2.03 bits per heavy atom. The van der Waals surface area contributed by atoms with Crippen LogP contribution in [0.1, 0.15) is 18.4 Å². The van der Waals surface area contributed by atoms with E-state index in [9.17, 15) is 10.1 Å². The van der Waals surface area contributed by atoms with Crippen molar-refractivity contribution in [2.24, 2.45) is 4.99 Å². The van der Waals surface area contributed by atoms with Crippen LogP contribution in [0.4, 0.5) is 17.1 Å². The predicted molar refractivity (Wildman–Crippen MR) is 119 cm³/mol. The molecule has 4 rings (SSSR count). The number of benzene rings is 3. The smallest absolute Gasteiger partial charge is 0.269 e. The summed E-state index contributed by atoms with van der Waals surface area (Å²) in [5.74, 6) is 0. The molecule has 0 spiro atoms. The monoisotopic (exact) mass is 403 g/mol. The molecule has 1 fully saturated rings. The van der Waals surface area contributed by atoms with Gasteiger partial charge in [0, 0.05) is 46.9 Å². The standard InChI is InChI=1S/C23H21N3O2S/c27-26(28)21-9-13-23(14-10-21)29-22-11-5-19(6-12-22)24-17-18-3-7-20(8-4-18)25-15-1-2-16-25/h3-14,17H,1-2,15-16H2. The summed E-state index contributed by atoms with van der Waals surface area (Å²) in [6.45, 7) is 2.30. The van der Waals surface area contributed by atoms with Crippen molar-refractivity contribution in [2.45, 2.75) is 22.6 Å². The van der Waals surface area contributed by atoms with Gasteiger partial charge in [-0.3, -0.25) is 15.1 Å². The Morgan fingerprint density at radius 2 is 1.45 bits per heavy atom. The highest BCUT2D eigenvalue weighted by Crippen LogP contribution is 2.30. The second kappa shape index (κ2) is 8.92. The van der Waals surface area contributed by atoms with Gasteiger partial charge in [0.2, 0.25) is 0 Å². The van der Waals surface area contributed by atoms with Gasteiger partial charge >= 0.3 is 0 Å². The number of rotatable bonds is 6. The molecule has 6 heteroatoms. The fourth-order valence-corrected chi connectivity index (χ4v) is 4.08. The van der Waals surface area contributed by atoms with Crippen LogP contribution in [0, 0.1) is 10.1 Å². The Labute approximate surface area is 174 Å². The number of anilines is 1. The minimum atomic E-state index is -0.388. The van der Waals surface area contributed by atoms with Crippen molar-refractivity contribution >= 4 is 35.0 Å². The first-order valence-electron chi connectivity index (χ1n) is 9.59. The summed E-state index contributed by atoms with van der Waals surface area (Å²) >= 11 is 1.57. The average molecular weight is 404 g/mol. The summed E-state index contributed by atoms with van der Waals surface area (Å²) in [6, 6.07) is 23.1. The van der Waals surface area contributed by atoms with Crippen LogP contribution in [0.15, 0.2) is 87.6 Å². The summed E-state index contributed by atoms with van der Waals surface area (Å²) in [7, 11) is 0. The molecule has 29 heavy (non-hydrogen) atoms. The fourth-order valence-electron chi connectivity index (χ4n) is 3.27. The molecule has 3 aromatic carbocycles. The molecular weight excluding hydrogens is 382 g/mol. The lowest BCUT2D eigenvalue weighted by Gasteiger charge is -2.17. The number of nitro groups is 1. The lowest BCUT2D eigenvalue weighted by Crippen LogP contribution is -2.17. The van der Waals surface area contributed by atoms with Crippen molar-refractivity contribution in [3.63, 3.8) is 0 Å². The molecule has 1 saturated heterocycles. The van der Waals surface area contributed by atoms with Crippen molar-refractivity contribution in [1.82, 2.24) is 0 Å². The Hall–Kier alpha value is -3.12. The molecule has 5 nitrogen and oxygen atoms in total. The molecule has 0 N–H and O–H groups in total. The number of hydrogen-bond donors (Lipinski definition) is 0. The van der Waals surface area contributed by atoms with Crippen LogP contribution < -0.4 is 4.90 Å². The van der Waals surface area contributed by atoms with Gasteiger partial charge in [-0.15, -0.1) is 0 Å². The highest BCUT2D eigenvalue weighted by molar-refractivity contribution is 7.99. The summed E-state index contributed by atoms with van der Waals surface area (Å²) in [4.78, 5) is 19.3. The minimum absolute atomic E-state index is 0.104. The van der Waals surface area contributed by atoms with E-state index in [2.05, 4.69) is 34.2 Å². The van der Waals surface area contributed by atoms with Gasteiger partial charge in [-0.05, 0) is 66.9 Å². The molecule has 3 aromatic rings. The zero-order valence-corrected chi connectivity index (χ0v) is 16.7. The van der Waals surface area contributed by atoms with Gasteiger partial charge in [-0.2, -0.15) is 0 Å². The first-order valence-corrected chi connectivity index (χ1v) is 10.4. The number of hydrogen-bond acceptors (Lipinski definition) is 5. The third-order valence-corrected chi connectivity index (χ3v) is 5.86. The third-order valence-electron chi connectivity index (χ3n) is 4.85. The normalized spacial score (nSPS) is 13.9. The van der Waals surface area contributed by atoms with Crippen LogP contribution in [-0.4, -0.2) is 24.2 Å². The summed E-state index contributed by atoms with van der Waals surface area (Å²) in [6.07, 6.45) is 4.44. The van der Waals surface area contributed by atoms with Crippen molar-refractivity contribution in [1.29, 1.82) is 0 Å². The molecule has 0 saturated carbocycles. The molecule has 1 heterocycles. The number of nitrogens with zero attached hydrogens (tertiary/aromatic N) is 3. The lowest BCUT2D eigenvalue weighted by molar-refractivity contribution is -0.384. The number of nitro benzene ring substituents is 1. The summed E-state index contributed by atoms with van der Waals surface area (Å²) in [5, 5.41) is 10.7. The molecule has 0 bridgehead atoms. The molecular formula is C23H21N3O2S. The Bertz CT molecular complexity index is 994. The largest absolute Gasteiger partial charge is 0.372 e. The van der Waals surface area contributed by atoms with Gasteiger partial charge in [-0.1, -0.05) is 23.9 Å². The molecule has 0 radical (unpaired) electrons. The molecule has 0 amide bonds. The second-order valence-corrected chi connectivity index (χ2v) is 8.04. The summed E-state index contributed by atoms with van der Waals surface area (Å²) in [5.41, 5.74) is 3.36. The van der Waals surface area contributed by atoms with Crippen LogP contribution in [0.2, 0.25) is 0 Å². The van der Waals surface area contributed by atoms with E-state index in [1.807, 2.05) is 30.5 Å². The third kappa shape index (κ3) is 5.03. The highest BCUT2D eigenvalue weighted by atomic mass is 32.2. The Balaban J connectivity index is 1.36. The SMILES string of the molecule is O=[N+]([O-])c1ccc(Sc2ccc(N=Cc3ccc(N4CCCC4)cc3)cc2)cc1. The zero-order valence-electron chi connectivity index (χ0n) is 15.9. The molecule has 1 aliphatic heterocycles. The lowest BCUT2D eigenvalue weighted by atomic mass is 10.2. The van der Waals surface area contributed by atoms with Gasteiger partial charge in [-0.25, -0.2) is 0 Å². The average Bonchev–Trinajstić information content (AvgIpc) is 3.29.